The Kier molecular flexibility index (Phi) is 5.03. The summed E-state index contributed by atoms with van der Waals surface area (Å²) in [5.41, 5.74) is 3.53. The molecular weight excluding hydrogens is 436 g/mol. The van der Waals surface area contributed by atoms with Crippen LogP contribution in [0.1, 0.15) is 29.2 Å². The van der Waals surface area contributed by atoms with Gasteiger partial charge in [-0.2, -0.15) is 26.3 Å². The molecule has 0 radical (unpaired) electrons. The highest BCUT2D eigenvalue weighted by Gasteiger charge is 2.32. The third kappa shape index (κ3) is 4.08. The lowest BCUT2D eigenvalue weighted by Crippen LogP contribution is -2.49. The van der Waals surface area contributed by atoms with E-state index in [0.29, 0.717) is 28.1 Å². The number of alkyl halides is 6. The first-order chi connectivity index (χ1) is 14.9. The van der Waals surface area contributed by atoms with E-state index in [-0.39, 0.29) is 5.82 Å². The van der Waals surface area contributed by atoms with Crippen molar-refractivity contribution in [1.82, 2.24) is 15.8 Å². The Balaban J connectivity index is 1.63. The van der Waals surface area contributed by atoms with Gasteiger partial charge in [-0.05, 0) is 48.4 Å². The molecule has 0 aliphatic carbocycles. The molecule has 2 aromatic rings. The van der Waals surface area contributed by atoms with E-state index >= 15 is 0 Å². The minimum Gasteiger partial charge on any atom is -0.339 e. The topological polar surface area (TPSA) is 44.4 Å². The Morgan fingerprint density at radius 1 is 0.750 bits per heavy atom. The first-order valence-corrected chi connectivity index (χ1v) is 9.31. The molecule has 0 fully saturated rings. The van der Waals surface area contributed by atoms with Crippen LogP contribution in [0.25, 0.3) is 11.3 Å². The van der Waals surface area contributed by atoms with E-state index in [2.05, 4.69) is 10.7 Å². The first kappa shape index (κ1) is 21.5. The largest absolute Gasteiger partial charge is 0.416 e. The summed E-state index contributed by atoms with van der Waals surface area (Å²) in [5.74, 6) is -0.177. The van der Waals surface area contributed by atoms with E-state index in [0.717, 1.165) is 24.3 Å². The molecule has 0 atom stereocenters. The predicted molar refractivity (Wildman–Crippen MR) is 105 cm³/mol. The number of carbonyl (C=O) groups is 1. The van der Waals surface area contributed by atoms with Crippen molar-refractivity contribution in [1.29, 1.82) is 0 Å². The van der Waals surface area contributed by atoms with E-state index in [1.54, 1.807) is 13.0 Å². The molecule has 4 rings (SSSR count). The van der Waals surface area contributed by atoms with Gasteiger partial charge in [-0.25, -0.2) is 5.01 Å². The van der Waals surface area contributed by atoms with Gasteiger partial charge in [0.25, 0.3) is 5.91 Å². The number of nitrogens with one attached hydrogen (secondary N) is 2. The van der Waals surface area contributed by atoms with Crippen LogP contribution < -0.4 is 10.7 Å². The third-order valence-electron chi connectivity index (χ3n) is 5.00. The maximum atomic E-state index is 12.8. The number of amides is 1. The Bertz CT molecular complexity index is 1160. The van der Waals surface area contributed by atoms with Gasteiger partial charge in [0.1, 0.15) is 5.82 Å². The predicted octanol–water partition coefficient (Wildman–Crippen LogP) is 5.29. The number of rotatable bonds is 2. The Morgan fingerprint density at radius 3 is 1.75 bits per heavy atom. The van der Waals surface area contributed by atoms with Crippen molar-refractivity contribution < 1.29 is 31.1 Å². The minimum absolute atomic E-state index is 0.285. The van der Waals surface area contributed by atoms with Crippen LogP contribution in [0, 0.1) is 0 Å². The van der Waals surface area contributed by atoms with Gasteiger partial charge in [0.2, 0.25) is 0 Å². The molecule has 0 spiro atoms. The molecule has 0 bridgehead atoms. The summed E-state index contributed by atoms with van der Waals surface area (Å²) >= 11 is 0. The van der Waals surface area contributed by atoms with Crippen LogP contribution in [0.5, 0.6) is 0 Å². The molecule has 2 heterocycles. The summed E-state index contributed by atoms with van der Waals surface area (Å²) in [7, 11) is 0. The minimum atomic E-state index is -4.48. The van der Waals surface area contributed by atoms with E-state index in [9.17, 15) is 31.1 Å². The summed E-state index contributed by atoms with van der Waals surface area (Å²) in [6, 6.07) is 8.92. The van der Waals surface area contributed by atoms with Crippen molar-refractivity contribution in [3.05, 3.63) is 94.5 Å². The van der Waals surface area contributed by atoms with Gasteiger partial charge in [-0.15, -0.1) is 0 Å². The molecule has 2 aliphatic rings. The summed E-state index contributed by atoms with van der Waals surface area (Å²) in [4.78, 5) is 12.6. The van der Waals surface area contributed by atoms with Gasteiger partial charge in [-0.1, -0.05) is 24.3 Å². The Morgan fingerprint density at radius 2 is 1.25 bits per heavy atom. The van der Waals surface area contributed by atoms with Crippen LogP contribution in [0.4, 0.5) is 26.3 Å². The lowest BCUT2D eigenvalue weighted by molar-refractivity contribution is -0.138. The highest BCUT2D eigenvalue weighted by molar-refractivity contribution is 5.99. The normalized spacial score (nSPS) is 16.7. The standard InChI is InChI=1S/C22H15F6N3O/c1-12-17(13-2-6-15(7-3-13)21(23,24)25)10-19-29-18(11-20(32)31(19)30-12)14-4-8-16(9-5-14)22(26,27)28/h2-11,29-30H,1H3. The van der Waals surface area contributed by atoms with Crippen LogP contribution >= 0.6 is 0 Å². The van der Waals surface area contributed by atoms with Crippen LogP contribution in [0.3, 0.4) is 0 Å². The highest BCUT2D eigenvalue weighted by atomic mass is 19.4. The quantitative estimate of drug-likeness (QED) is 0.611. The monoisotopic (exact) mass is 451 g/mol. The fourth-order valence-corrected chi connectivity index (χ4v) is 3.36. The summed E-state index contributed by atoms with van der Waals surface area (Å²) in [5, 5.41) is 4.19. The van der Waals surface area contributed by atoms with Gasteiger partial charge in [0.05, 0.1) is 16.8 Å². The third-order valence-corrected chi connectivity index (χ3v) is 5.00. The molecule has 2 aliphatic heterocycles. The number of benzene rings is 2. The number of halogens is 6. The van der Waals surface area contributed by atoms with E-state index < -0.39 is 29.4 Å². The van der Waals surface area contributed by atoms with Crippen molar-refractivity contribution >= 4 is 17.2 Å². The molecule has 166 valence electrons. The molecule has 32 heavy (non-hydrogen) atoms. The maximum Gasteiger partial charge on any atom is 0.416 e. The second-order valence-electron chi connectivity index (χ2n) is 7.19. The average molecular weight is 451 g/mol. The SMILES string of the molecule is CC1=C(c2ccc(C(F)(F)F)cc2)C=C2NC(c3ccc(C(F)(F)F)cc3)=CC(=O)N2N1. The van der Waals surface area contributed by atoms with Crippen molar-refractivity contribution in [2.75, 3.05) is 0 Å². The molecule has 1 amide bonds. The number of hydrogen-bond acceptors (Lipinski definition) is 3. The number of carbonyl (C=O) groups excluding carboxylic acids is 1. The van der Waals surface area contributed by atoms with E-state index in [1.807, 2.05) is 0 Å². The number of hydrogen-bond donors (Lipinski definition) is 2. The molecule has 2 N–H and O–H groups in total. The van der Waals surface area contributed by atoms with Crippen molar-refractivity contribution in [2.45, 2.75) is 19.3 Å². The maximum absolute atomic E-state index is 12.8. The van der Waals surface area contributed by atoms with Gasteiger partial charge < -0.3 is 5.32 Å². The average Bonchev–Trinajstić information content (AvgIpc) is 2.73. The number of nitrogens with zero attached hydrogens (tertiary/aromatic N) is 1. The number of allylic oxidation sites excluding steroid dienone is 3. The molecule has 4 nitrogen and oxygen atoms in total. The molecular formula is C22H15F6N3O. The van der Waals surface area contributed by atoms with Gasteiger partial charge in [0.15, 0.2) is 0 Å². The molecule has 0 saturated carbocycles. The smallest absolute Gasteiger partial charge is 0.339 e. The summed E-state index contributed by atoms with van der Waals surface area (Å²) in [6.45, 7) is 1.67. The summed E-state index contributed by atoms with van der Waals surface area (Å²) in [6.07, 6.45) is -6.11. The lowest BCUT2D eigenvalue weighted by Gasteiger charge is -2.35. The second-order valence-corrected chi connectivity index (χ2v) is 7.19. The molecule has 0 saturated heterocycles. The van der Waals surface area contributed by atoms with Crippen molar-refractivity contribution in [3.8, 4) is 0 Å². The molecule has 2 aromatic carbocycles. The fourth-order valence-electron chi connectivity index (χ4n) is 3.36. The van der Waals surface area contributed by atoms with Crippen LogP contribution in [-0.2, 0) is 17.1 Å². The second kappa shape index (κ2) is 7.47. The molecule has 0 aromatic heterocycles. The highest BCUT2D eigenvalue weighted by Crippen LogP contribution is 2.33. The van der Waals surface area contributed by atoms with Gasteiger partial charge >= 0.3 is 12.4 Å². The van der Waals surface area contributed by atoms with Crippen LogP contribution in [-0.4, -0.2) is 10.9 Å². The van der Waals surface area contributed by atoms with Gasteiger partial charge in [-0.3, -0.25) is 10.2 Å². The number of fused-ring (bicyclic) bond motifs is 1. The van der Waals surface area contributed by atoms with Crippen molar-refractivity contribution in [3.63, 3.8) is 0 Å². The van der Waals surface area contributed by atoms with Crippen LogP contribution in [0.15, 0.2) is 72.2 Å². The number of hydrazine groups is 1. The fraction of sp³-hybridized carbons (Fsp3) is 0.136. The zero-order valence-electron chi connectivity index (χ0n) is 16.4. The zero-order chi connectivity index (χ0) is 23.3. The Hall–Kier alpha value is -3.69. The lowest BCUT2D eigenvalue weighted by atomic mass is 10.00. The molecule has 0 unspecified atom stereocenters. The van der Waals surface area contributed by atoms with Gasteiger partial charge in [0, 0.05) is 17.3 Å². The molecule has 10 heteroatoms. The van der Waals surface area contributed by atoms with E-state index in [1.165, 1.54) is 35.4 Å². The van der Waals surface area contributed by atoms with Crippen LogP contribution in [0.2, 0.25) is 0 Å². The first-order valence-electron chi connectivity index (χ1n) is 9.31. The Labute approximate surface area is 178 Å². The zero-order valence-corrected chi connectivity index (χ0v) is 16.4. The van der Waals surface area contributed by atoms with Crippen molar-refractivity contribution in [2.24, 2.45) is 0 Å². The van der Waals surface area contributed by atoms with E-state index in [4.69, 9.17) is 0 Å². The summed E-state index contributed by atoms with van der Waals surface area (Å²) < 4.78 is 76.9.